The zero-order chi connectivity index (χ0) is 12.9. The van der Waals surface area contributed by atoms with Crippen molar-refractivity contribution in [2.75, 3.05) is 50.4 Å². The molecule has 0 N–H and O–H groups in total. The third kappa shape index (κ3) is 5.24. The van der Waals surface area contributed by atoms with E-state index in [0.29, 0.717) is 12.3 Å². The second kappa shape index (κ2) is 7.07. The second-order valence-electron chi connectivity index (χ2n) is 4.79. The van der Waals surface area contributed by atoms with Crippen molar-refractivity contribution in [1.29, 1.82) is 0 Å². The van der Waals surface area contributed by atoms with Crippen LogP contribution in [0.4, 0.5) is 0 Å². The molecule has 1 saturated heterocycles. The van der Waals surface area contributed by atoms with Gasteiger partial charge in [0.05, 0.1) is 11.0 Å². The molecule has 1 aliphatic rings. The SMILES string of the molecule is CC(C)S(=O)(=O)CCN1CCN(CCBr)CC1. The molecule has 0 saturated carbocycles. The predicted molar refractivity (Wildman–Crippen MR) is 75.6 cm³/mol. The first-order chi connectivity index (χ1) is 7.95. The van der Waals surface area contributed by atoms with Crippen LogP contribution in [0.2, 0.25) is 0 Å². The van der Waals surface area contributed by atoms with Crippen LogP contribution in [0.25, 0.3) is 0 Å². The first-order valence-electron chi connectivity index (χ1n) is 6.18. The van der Waals surface area contributed by atoms with E-state index in [-0.39, 0.29) is 5.25 Å². The smallest absolute Gasteiger partial charge is 0.153 e. The van der Waals surface area contributed by atoms with E-state index in [0.717, 1.165) is 38.1 Å². The minimum atomic E-state index is -2.88. The molecule has 1 rings (SSSR count). The van der Waals surface area contributed by atoms with Gasteiger partial charge in [-0.1, -0.05) is 15.9 Å². The fraction of sp³-hybridized carbons (Fsp3) is 1.00. The Labute approximate surface area is 113 Å². The average Bonchev–Trinajstić information content (AvgIpc) is 2.28. The van der Waals surface area contributed by atoms with Crippen molar-refractivity contribution in [2.45, 2.75) is 19.1 Å². The summed E-state index contributed by atoms with van der Waals surface area (Å²) in [6.07, 6.45) is 0. The molecule has 6 heteroatoms. The number of nitrogens with zero attached hydrogens (tertiary/aromatic N) is 2. The molecular formula is C11H23BrN2O2S. The zero-order valence-corrected chi connectivity index (χ0v) is 13.1. The van der Waals surface area contributed by atoms with Gasteiger partial charge in [0.1, 0.15) is 0 Å². The van der Waals surface area contributed by atoms with Crippen LogP contribution in [-0.4, -0.2) is 73.8 Å². The minimum Gasteiger partial charge on any atom is -0.300 e. The predicted octanol–water partition coefficient (Wildman–Crippen LogP) is 0.822. The lowest BCUT2D eigenvalue weighted by atomic mass is 10.3. The lowest BCUT2D eigenvalue weighted by Gasteiger charge is -2.34. The van der Waals surface area contributed by atoms with Crippen LogP contribution in [0.15, 0.2) is 0 Å². The van der Waals surface area contributed by atoms with E-state index in [2.05, 4.69) is 25.7 Å². The highest BCUT2D eigenvalue weighted by molar-refractivity contribution is 9.09. The van der Waals surface area contributed by atoms with E-state index in [1.807, 2.05) is 0 Å². The summed E-state index contributed by atoms with van der Waals surface area (Å²) in [4.78, 5) is 4.66. The molecule has 1 fully saturated rings. The molecule has 0 bridgehead atoms. The lowest BCUT2D eigenvalue weighted by Crippen LogP contribution is -2.48. The number of piperazine rings is 1. The van der Waals surface area contributed by atoms with Crippen molar-refractivity contribution in [3.8, 4) is 0 Å². The third-order valence-electron chi connectivity index (χ3n) is 3.28. The summed E-state index contributed by atoms with van der Waals surface area (Å²) >= 11 is 3.44. The Hall–Kier alpha value is 0.350. The van der Waals surface area contributed by atoms with E-state index < -0.39 is 9.84 Å². The summed E-state index contributed by atoms with van der Waals surface area (Å²) in [5.41, 5.74) is 0. The van der Waals surface area contributed by atoms with Gasteiger partial charge in [-0.05, 0) is 13.8 Å². The molecule has 0 amide bonds. The van der Waals surface area contributed by atoms with Gasteiger partial charge in [-0.3, -0.25) is 9.80 Å². The Kier molecular flexibility index (Phi) is 6.40. The van der Waals surface area contributed by atoms with Crippen LogP contribution in [0.5, 0.6) is 0 Å². The lowest BCUT2D eigenvalue weighted by molar-refractivity contribution is 0.144. The number of hydrogen-bond donors (Lipinski definition) is 0. The molecule has 17 heavy (non-hydrogen) atoms. The highest BCUT2D eigenvalue weighted by atomic mass is 79.9. The van der Waals surface area contributed by atoms with Crippen LogP contribution in [-0.2, 0) is 9.84 Å². The van der Waals surface area contributed by atoms with Gasteiger partial charge in [-0.25, -0.2) is 8.42 Å². The van der Waals surface area contributed by atoms with Crippen LogP contribution >= 0.6 is 15.9 Å². The molecule has 0 radical (unpaired) electrons. The maximum Gasteiger partial charge on any atom is 0.153 e. The summed E-state index contributed by atoms with van der Waals surface area (Å²) in [6.45, 7) is 9.34. The monoisotopic (exact) mass is 326 g/mol. The van der Waals surface area contributed by atoms with Gasteiger partial charge in [-0.2, -0.15) is 0 Å². The first kappa shape index (κ1) is 15.4. The molecule has 4 nitrogen and oxygen atoms in total. The Bertz CT molecular complexity index is 311. The normalized spacial score (nSPS) is 20.0. The van der Waals surface area contributed by atoms with Gasteiger partial charge >= 0.3 is 0 Å². The highest BCUT2D eigenvalue weighted by Gasteiger charge is 2.20. The largest absolute Gasteiger partial charge is 0.300 e. The third-order valence-corrected chi connectivity index (χ3v) is 5.82. The fourth-order valence-corrected chi connectivity index (χ4v) is 3.33. The number of alkyl halides is 1. The van der Waals surface area contributed by atoms with Crippen molar-refractivity contribution in [2.24, 2.45) is 0 Å². The molecule has 0 atom stereocenters. The highest BCUT2D eigenvalue weighted by Crippen LogP contribution is 2.05. The first-order valence-corrected chi connectivity index (χ1v) is 9.01. The number of halogens is 1. The molecule has 0 aromatic carbocycles. The van der Waals surface area contributed by atoms with Crippen LogP contribution in [0, 0.1) is 0 Å². The Morgan fingerprint density at radius 3 is 1.94 bits per heavy atom. The molecule has 0 aliphatic carbocycles. The van der Waals surface area contributed by atoms with Crippen molar-refractivity contribution in [3.63, 3.8) is 0 Å². The van der Waals surface area contributed by atoms with Gasteiger partial charge < -0.3 is 0 Å². The summed E-state index contributed by atoms with van der Waals surface area (Å²) < 4.78 is 23.4. The van der Waals surface area contributed by atoms with Crippen molar-refractivity contribution in [3.05, 3.63) is 0 Å². The minimum absolute atomic E-state index is 0.253. The van der Waals surface area contributed by atoms with Crippen LogP contribution < -0.4 is 0 Å². The van der Waals surface area contributed by atoms with Gasteiger partial charge in [0, 0.05) is 44.6 Å². The molecule has 0 aromatic heterocycles. The van der Waals surface area contributed by atoms with Gasteiger partial charge in [0.25, 0.3) is 0 Å². The Morgan fingerprint density at radius 2 is 1.53 bits per heavy atom. The van der Waals surface area contributed by atoms with E-state index in [1.54, 1.807) is 13.8 Å². The number of hydrogen-bond acceptors (Lipinski definition) is 4. The second-order valence-corrected chi connectivity index (χ2v) is 8.26. The summed E-state index contributed by atoms with van der Waals surface area (Å²) in [5.74, 6) is 0.295. The molecule has 1 aliphatic heterocycles. The Morgan fingerprint density at radius 1 is 1.06 bits per heavy atom. The molecule has 0 unspecified atom stereocenters. The summed E-state index contributed by atoms with van der Waals surface area (Å²) in [7, 11) is -2.88. The quantitative estimate of drug-likeness (QED) is 0.678. The maximum absolute atomic E-state index is 11.7. The van der Waals surface area contributed by atoms with E-state index in [9.17, 15) is 8.42 Å². The van der Waals surface area contributed by atoms with E-state index in [1.165, 1.54) is 0 Å². The molecule has 1 heterocycles. The van der Waals surface area contributed by atoms with Crippen LogP contribution in [0.3, 0.4) is 0 Å². The number of sulfone groups is 1. The van der Waals surface area contributed by atoms with Crippen molar-refractivity contribution < 1.29 is 8.42 Å². The van der Waals surface area contributed by atoms with Crippen molar-refractivity contribution in [1.82, 2.24) is 9.80 Å². The molecule has 102 valence electrons. The molecule has 0 aromatic rings. The van der Waals surface area contributed by atoms with Gasteiger partial charge in [0.2, 0.25) is 0 Å². The van der Waals surface area contributed by atoms with Crippen LogP contribution in [0.1, 0.15) is 13.8 Å². The molecular weight excluding hydrogens is 304 g/mol. The summed E-state index contributed by atoms with van der Waals surface area (Å²) in [5, 5.41) is 0.756. The average molecular weight is 327 g/mol. The standard InChI is InChI=1S/C11H23BrN2O2S/c1-11(2)17(15,16)10-9-14-7-5-13(4-3-12)6-8-14/h11H,3-10H2,1-2H3. The van der Waals surface area contributed by atoms with Gasteiger partial charge in [0.15, 0.2) is 9.84 Å². The zero-order valence-electron chi connectivity index (χ0n) is 10.7. The van der Waals surface area contributed by atoms with E-state index >= 15 is 0 Å². The number of rotatable bonds is 6. The topological polar surface area (TPSA) is 40.6 Å². The molecule has 0 spiro atoms. The maximum atomic E-state index is 11.7. The Balaban J connectivity index is 2.27. The fourth-order valence-electron chi connectivity index (χ4n) is 1.85. The van der Waals surface area contributed by atoms with Gasteiger partial charge in [-0.15, -0.1) is 0 Å². The van der Waals surface area contributed by atoms with E-state index in [4.69, 9.17) is 0 Å². The summed E-state index contributed by atoms with van der Waals surface area (Å²) in [6, 6.07) is 0. The van der Waals surface area contributed by atoms with Crippen molar-refractivity contribution >= 4 is 25.8 Å².